The summed E-state index contributed by atoms with van der Waals surface area (Å²) in [4.78, 5) is 17.8. The fourth-order valence-electron chi connectivity index (χ4n) is 2.74. The van der Waals surface area contributed by atoms with E-state index in [0.29, 0.717) is 29.6 Å². The molecule has 1 amide bonds. The maximum atomic E-state index is 13.6. The van der Waals surface area contributed by atoms with E-state index in [1.54, 1.807) is 20.2 Å². The zero-order valence-corrected chi connectivity index (χ0v) is 16.2. The Morgan fingerprint density at radius 2 is 2.12 bits per heavy atom. The van der Waals surface area contributed by atoms with Crippen molar-refractivity contribution < 1.29 is 9.18 Å². The van der Waals surface area contributed by atoms with Crippen molar-refractivity contribution in [3.8, 4) is 0 Å². The Hall–Kier alpha value is -1.67. The number of amides is 1. The number of rotatable bonds is 5. The van der Waals surface area contributed by atoms with E-state index < -0.39 is 0 Å². The molecule has 138 valence electrons. The molecular formula is C17H25BrFN5O. The van der Waals surface area contributed by atoms with Gasteiger partial charge in [0, 0.05) is 39.8 Å². The molecule has 0 spiro atoms. The molecule has 0 aromatic heterocycles. The largest absolute Gasteiger partial charge is 0.358 e. The normalized spacial score (nSPS) is 16.6. The average Bonchev–Trinajstić information content (AvgIpc) is 2.62. The van der Waals surface area contributed by atoms with Gasteiger partial charge in [-0.2, -0.15) is 0 Å². The van der Waals surface area contributed by atoms with Crippen molar-refractivity contribution in [1.29, 1.82) is 0 Å². The van der Waals surface area contributed by atoms with E-state index in [-0.39, 0.29) is 11.7 Å². The third kappa shape index (κ3) is 6.28. The Morgan fingerprint density at radius 1 is 1.40 bits per heavy atom. The summed E-state index contributed by atoms with van der Waals surface area (Å²) in [5.74, 6) is 0.476. The Balaban J connectivity index is 1.77. The predicted molar refractivity (Wildman–Crippen MR) is 101 cm³/mol. The smallest absolute Gasteiger partial charge is 0.233 e. The Kier molecular flexibility index (Phi) is 7.64. The molecule has 1 heterocycles. The molecular weight excluding hydrogens is 389 g/mol. The Bertz CT molecular complexity index is 617. The molecule has 1 aromatic carbocycles. The van der Waals surface area contributed by atoms with Crippen molar-refractivity contribution in [3.05, 3.63) is 34.1 Å². The summed E-state index contributed by atoms with van der Waals surface area (Å²) in [6, 6.07) is 5.38. The van der Waals surface area contributed by atoms with Crippen LogP contribution in [0.1, 0.15) is 18.4 Å². The van der Waals surface area contributed by atoms with Crippen LogP contribution in [0.15, 0.2) is 27.7 Å². The van der Waals surface area contributed by atoms with E-state index in [0.717, 1.165) is 31.5 Å². The minimum atomic E-state index is -0.272. The van der Waals surface area contributed by atoms with Gasteiger partial charge in [0.25, 0.3) is 0 Å². The number of guanidine groups is 1. The lowest BCUT2D eigenvalue weighted by molar-refractivity contribution is -0.122. The molecule has 2 rings (SSSR count). The van der Waals surface area contributed by atoms with Gasteiger partial charge in [-0.15, -0.1) is 0 Å². The van der Waals surface area contributed by atoms with Crippen molar-refractivity contribution in [2.45, 2.75) is 25.4 Å². The molecule has 1 fully saturated rings. The highest BCUT2D eigenvalue weighted by Crippen LogP contribution is 2.16. The second kappa shape index (κ2) is 9.72. The highest BCUT2D eigenvalue weighted by atomic mass is 79.9. The van der Waals surface area contributed by atoms with Crippen LogP contribution in [0.2, 0.25) is 0 Å². The van der Waals surface area contributed by atoms with Crippen LogP contribution < -0.4 is 16.0 Å². The molecule has 0 saturated carbocycles. The number of nitrogens with one attached hydrogen (secondary N) is 3. The predicted octanol–water partition coefficient (Wildman–Crippen LogP) is 1.46. The molecule has 1 saturated heterocycles. The maximum absolute atomic E-state index is 13.6. The fourth-order valence-corrected chi connectivity index (χ4v) is 2.99. The summed E-state index contributed by atoms with van der Waals surface area (Å²) in [6.07, 6.45) is 1.90. The molecule has 0 bridgehead atoms. The lowest BCUT2D eigenvalue weighted by Crippen LogP contribution is -2.49. The van der Waals surface area contributed by atoms with Crippen LogP contribution >= 0.6 is 15.9 Å². The van der Waals surface area contributed by atoms with Gasteiger partial charge in [-0.05, 0) is 46.5 Å². The molecule has 1 aliphatic heterocycles. The number of carbonyl (C=O) groups excluding carboxylic acids is 1. The number of halogens is 2. The molecule has 0 atom stereocenters. The first kappa shape index (κ1) is 19.7. The number of likely N-dealkylation sites (N-methyl/N-ethyl adjacent to an activating group) is 1. The van der Waals surface area contributed by atoms with Gasteiger partial charge in [-0.1, -0.05) is 6.07 Å². The average molecular weight is 414 g/mol. The SMILES string of the molecule is CN=C(NCc1ccc(Br)c(F)c1)NC1CCN(CC(=O)NC)CC1. The third-order valence-corrected chi connectivity index (χ3v) is 4.89. The van der Waals surface area contributed by atoms with Crippen LogP contribution in [-0.4, -0.2) is 56.5 Å². The van der Waals surface area contributed by atoms with Crippen LogP contribution in [0.4, 0.5) is 4.39 Å². The van der Waals surface area contributed by atoms with Gasteiger partial charge >= 0.3 is 0 Å². The molecule has 3 N–H and O–H groups in total. The van der Waals surface area contributed by atoms with E-state index in [1.807, 2.05) is 6.07 Å². The van der Waals surface area contributed by atoms with E-state index in [9.17, 15) is 9.18 Å². The van der Waals surface area contributed by atoms with Crippen LogP contribution in [0.25, 0.3) is 0 Å². The summed E-state index contributed by atoms with van der Waals surface area (Å²) in [7, 11) is 3.38. The number of likely N-dealkylation sites (tertiary alicyclic amines) is 1. The summed E-state index contributed by atoms with van der Waals surface area (Å²) >= 11 is 3.15. The molecule has 6 nitrogen and oxygen atoms in total. The molecule has 0 aliphatic carbocycles. The van der Waals surface area contributed by atoms with Crippen molar-refractivity contribution in [2.24, 2.45) is 4.99 Å². The van der Waals surface area contributed by atoms with E-state index in [1.165, 1.54) is 6.07 Å². The minimum Gasteiger partial charge on any atom is -0.358 e. The summed E-state index contributed by atoms with van der Waals surface area (Å²) in [6.45, 7) is 2.70. The quantitative estimate of drug-likeness (QED) is 0.504. The van der Waals surface area contributed by atoms with Crippen molar-refractivity contribution >= 4 is 27.8 Å². The summed E-state index contributed by atoms with van der Waals surface area (Å²) in [5, 5.41) is 9.26. The Morgan fingerprint density at radius 3 is 2.72 bits per heavy atom. The molecule has 25 heavy (non-hydrogen) atoms. The van der Waals surface area contributed by atoms with Gasteiger partial charge in [-0.3, -0.25) is 14.7 Å². The monoisotopic (exact) mass is 413 g/mol. The van der Waals surface area contributed by atoms with E-state index in [4.69, 9.17) is 0 Å². The molecule has 1 aromatic rings. The minimum absolute atomic E-state index is 0.0469. The number of aliphatic imine (C=N–C) groups is 1. The van der Waals surface area contributed by atoms with Gasteiger partial charge < -0.3 is 16.0 Å². The molecule has 0 radical (unpaired) electrons. The maximum Gasteiger partial charge on any atom is 0.233 e. The molecule has 8 heteroatoms. The zero-order valence-electron chi connectivity index (χ0n) is 14.6. The number of hydrogen-bond donors (Lipinski definition) is 3. The lowest BCUT2D eigenvalue weighted by atomic mass is 10.1. The van der Waals surface area contributed by atoms with Crippen LogP contribution in [0.3, 0.4) is 0 Å². The van der Waals surface area contributed by atoms with Gasteiger partial charge in [0.1, 0.15) is 5.82 Å². The van der Waals surface area contributed by atoms with E-state index >= 15 is 0 Å². The van der Waals surface area contributed by atoms with E-state index in [2.05, 4.69) is 41.8 Å². The summed E-state index contributed by atoms with van der Waals surface area (Å²) in [5.41, 5.74) is 0.851. The fraction of sp³-hybridized carbons (Fsp3) is 0.529. The number of carbonyl (C=O) groups is 1. The first-order chi connectivity index (χ1) is 12.0. The topological polar surface area (TPSA) is 68.8 Å². The van der Waals surface area contributed by atoms with Crippen molar-refractivity contribution in [1.82, 2.24) is 20.9 Å². The van der Waals surface area contributed by atoms with Gasteiger partial charge in [0.2, 0.25) is 5.91 Å². The van der Waals surface area contributed by atoms with Gasteiger partial charge in [0.15, 0.2) is 5.96 Å². The second-order valence-electron chi connectivity index (χ2n) is 6.04. The number of hydrogen-bond acceptors (Lipinski definition) is 3. The molecule has 1 aliphatic rings. The van der Waals surface area contributed by atoms with Crippen molar-refractivity contribution in [2.75, 3.05) is 33.7 Å². The number of piperidine rings is 1. The highest BCUT2D eigenvalue weighted by Gasteiger charge is 2.21. The second-order valence-corrected chi connectivity index (χ2v) is 6.90. The standard InChI is InChI=1S/C17H25BrFN5O/c1-20-16(25)11-24-7-5-13(6-8-24)23-17(21-2)22-10-12-3-4-14(18)15(19)9-12/h3-4,9,13H,5-8,10-11H2,1-2H3,(H,20,25)(H2,21,22,23). The number of nitrogens with zero attached hydrogens (tertiary/aromatic N) is 2. The van der Waals surface area contributed by atoms with Crippen LogP contribution in [0.5, 0.6) is 0 Å². The first-order valence-electron chi connectivity index (χ1n) is 8.36. The third-order valence-electron chi connectivity index (χ3n) is 4.24. The summed E-state index contributed by atoms with van der Waals surface area (Å²) < 4.78 is 14.0. The van der Waals surface area contributed by atoms with Crippen molar-refractivity contribution in [3.63, 3.8) is 0 Å². The highest BCUT2D eigenvalue weighted by molar-refractivity contribution is 9.10. The van der Waals surface area contributed by atoms with Gasteiger partial charge in [-0.25, -0.2) is 4.39 Å². The first-order valence-corrected chi connectivity index (χ1v) is 9.15. The molecule has 0 unspecified atom stereocenters. The lowest BCUT2D eigenvalue weighted by Gasteiger charge is -2.32. The Labute approximate surface area is 156 Å². The van der Waals surface area contributed by atoms with Crippen LogP contribution in [-0.2, 0) is 11.3 Å². The van der Waals surface area contributed by atoms with Gasteiger partial charge in [0.05, 0.1) is 11.0 Å². The zero-order chi connectivity index (χ0) is 18.2. The van der Waals surface area contributed by atoms with Crippen LogP contribution in [0, 0.1) is 5.82 Å². The number of benzene rings is 1.